The van der Waals surface area contributed by atoms with Crippen molar-refractivity contribution in [3.05, 3.63) is 54.1 Å². The Morgan fingerprint density at radius 2 is 1.89 bits per heavy atom. The van der Waals surface area contributed by atoms with Gasteiger partial charge in [-0.25, -0.2) is 18.4 Å². The van der Waals surface area contributed by atoms with E-state index in [1.54, 1.807) is 36.4 Å². The van der Waals surface area contributed by atoms with Crippen molar-refractivity contribution in [3.8, 4) is 11.5 Å². The minimum absolute atomic E-state index is 0. The maximum absolute atomic E-state index is 12.0. The molecule has 10 heteroatoms. The van der Waals surface area contributed by atoms with Crippen LogP contribution in [0, 0.1) is 0 Å². The number of nitrogen functional groups attached to an aromatic ring is 1. The van der Waals surface area contributed by atoms with E-state index in [0.717, 1.165) is 6.07 Å². The number of anilines is 2. The van der Waals surface area contributed by atoms with E-state index in [9.17, 15) is 18.3 Å². The number of halogens is 1. The van der Waals surface area contributed by atoms with E-state index in [2.05, 4.69) is 5.32 Å². The summed E-state index contributed by atoms with van der Waals surface area (Å²) in [5.74, 6) is -1.06. The minimum Gasteiger partial charge on any atom is -0.478 e. The molecule has 0 fully saturated rings. The van der Waals surface area contributed by atoms with Crippen molar-refractivity contribution in [1.29, 1.82) is 0 Å². The number of primary sulfonamides is 1. The van der Waals surface area contributed by atoms with Crippen LogP contribution in [0.4, 0.5) is 11.4 Å². The number of aromatic carboxylic acids is 1. The second-order valence-corrected chi connectivity index (χ2v) is 6.85. The second kappa shape index (κ2) is 9.26. The van der Waals surface area contributed by atoms with Gasteiger partial charge in [-0.1, -0.05) is 12.2 Å². The Kier molecular flexibility index (Phi) is 7.65. The molecule has 0 aromatic heterocycles. The van der Waals surface area contributed by atoms with Crippen molar-refractivity contribution in [3.63, 3.8) is 0 Å². The summed E-state index contributed by atoms with van der Waals surface area (Å²) in [6, 6.07) is 8.54. The van der Waals surface area contributed by atoms with Crippen LogP contribution in [-0.4, -0.2) is 26.0 Å². The van der Waals surface area contributed by atoms with Crippen LogP contribution < -0.4 is 20.9 Å². The third kappa shape index (κ3) is 5.88. The minimum atomic E-state index is -4.24. The number of sulfonamides is 1. The van der Waals surface area contributed by atoms with Crippen LogP contribution in [0.5, 0.6) is 11.5 Å². The van der Waals surface area contributed by atoms with Gasteiger partial charge in [-0.3, -0.25) is 0 Å². The first-order valence-electron chi connectivity index (χ1n) is 7.55. The number of nitrogens with two attached hydrogens (primary N) is 2. The van der Waals surface area contributed by atoms with Crippen molar-refractivity contribution < 1.29 is 23.1 Å². The number of ether oxygens (including phenoxy) is 1. The molecule has 146 valence electrons. The van der Waals surface area contributed by atoms with Crippen molar-refractivity contribution in [2.24, 2.45) is 5.14 Å². The van der Waals surface area contributed by atoms with E-state index >= 15 is 0 Å². The highest BCUT2D eigenvalue weighted by molar-refractivity contribution is 7.89. The van der Waals surface area contributed by atoms with Crippen molar-refractivity contribution >= 4 is 39.8 Å². The molecule has 0 heterocycles. The van der Waals surface area contributed by atoms with Gasteiger partial charge in [-0.05, 0) is 43.3 Å². The molecule has 0 aliphatic heterocycles. The zero-order valence-corrected chi connectivity index (χ0v) is 16.0. The summed E-state index contributed by atoms with van der Waals surface area (Å²) in [5.41, 5.74) is 6.09. The van der Waals surface area contributed by atoms with Crippen LogP contribution in [0.3, 0.4) is 0 Å². The highest BCUT2D eigenvalue weighted by Gasteiger charge is 2.23. The van der Waals surface area contributed by atoms with Crippen molar-refractivity contribution in [1.82, 2.24) is 0 Å². The Balaban J connectivity index is 0.00000364. The van der Waals surface area contributed by atoms with Crippen LogP contribution in [0.15, 0.2) is 53.4 Å². The van der Waals surface area contributed by atoms with Gasteiger partial charge in [-0.2, -0.15) is 0 Å². The summed E-state index contributed by atoms with van der Waals surface area (Å²) >= 11 is 0. The molecule has 2 aromatic rings. The van der Waals surface area contributed by atoms with Gasteiger partial charge < -0.3 is 20.9 Å². The molecular formula is C17H20ClN3O5S. The molecule has 0 amide bonds. The third-order valence-corrected chi connectivity index (χ3v) is 4.27. The van der Waals surface area contributed by atoms with Crippen LogP contribution in [0.25, 0.3) is 0 Å². The SMILES string of the molecule is C/C=C/CNc1cc(C(=O)O)cc(S(N)(=O)=O)c1Oc1ccc(N)cc1.Cl. The van der Waals surface area contributed by atoms with Crippen molar-refractivity contribution in [2.75, 3.05) is 17.6 Å². The van der Waals surface area contributed by atoms with Crippen molar-refractivity contribution in [2.45, 2.75) is 11.8 Å². The number of hydrogen-bond donors (Lipinski definition) is 4. The molecule has 0 aliphatic rings. The number of carbonyl (C=O) groups is 1. The Bertz CT molecular complexity index is 944. The van der Waals surface area contributed by atoms with Gasteiger partial charge in [0.1, 0.15) is 10.6 Å². The van der Waals surface area contributed by atoms with Crippen LogP contribution in [0.2, 0.25) is 0 Å². The second-order valence-electron chi connectivity index (χ2n) is 5.32. The van der Waals surface area contributed by atoms with Gasteiger partial charge in [0.2, 0.25) is 10.0 Å². The largest absolute Gasteiger partial charge is 0.478 e. The molecular weight excluding hydrogens is 394 g/mol. The monoisotopic (exact) mass is 413 g/mol. The average Bonchev–Trinajstić information content (AvgIpc) is 2.57. The zero-order chi connectivity index (χ0) is 19.3. The first-order valence-corrected chi connectivity index (χ1v) is 9.09. The molecule has 27 heavy (non-hydrogen) atoms. The van der Waals surface area contributed by atoms with Crippen LogP contribution in [-0.2, 0) is 10.0 Å². The van der Waals surface area contributed by atoms with E-state index in [0.29, 0.717) is 18.0 Å². The fourth-order valence-corrected chi connectivity index (χ4v) is 2.82. The van der Waals surface area contributed by atoms with E-state index in [1.807, 2.05) is 6.92 Å². The normalized spacial score (nSPS) is 11.0. The molecule has 0 atom stereocenters. The van der Waals surface area contributed by atoms with E-state index < -0.39 is 20.9 Å². The fourth-order valence-electron chi connectivity index (χ4n) is 2.11. The number of benzene rings is 2. The lowest BCUT2D eigenvalue weighted by atomic mass is 10.1. The zero-order valence-electron chi connectivity index (χ0n) is 14.4. The fraction of sp³-hybridized carbons (Fsp3) is 0.118. The highest BCUT2D eigenvalue weighted by atomic mass is 35.5. The molecule has 8 nitrogen and oxygen atoms in total. The quantitative estimate of drug-likeness (QED) is 0.403. The Morgan fingerprint density at radius 1 is 1.26 bits per heavy atom. The van der Waals surface area contributed by atoms with Crippen LogP contribution in [0.1, 0.15) is 17.3 Å². The van der Waals surface area contributed by atoms with Gasteiger partial charge in [0, 0.05) is 12.2 Å². The Morgan fingerprint density at radius 3 is 2.41 bits per heavy atom. The molecule has 0 saturated heterocycles. The molecule has 0 saturated carbocycles. The smallest absolute Gasteiger partial charge is 0.335 e. The molecule has 0 aliphatic carbocycles. The lowest BCUT2D eigenvalue weighted by molar-refractivity contribution is 0.0696. The summed E-state index contributed by atoms with van der Waals surface area (Å²) < 4.78 is 29.7. The van der Waals surface area contributed by atoms with Gasteiger partial charge in [0.25, 0.3) is 0 Å². The summed E-state index contributed by atoms with van der Waals surface area (Å²) in [6.07, 6.45) is 3.56. The molecule has 0 radical (unpaired) electrons. The predicted molar refractivity (Wildman–Crippen MR) is 106 cm³/mol. The van der Waals surface area contributed by atoms with Gasteiger partial charge in [-0.15, -0.1) is 12.4 Å². The summed E-state index contributed by atoms with van der Waals surface area (Å²) in [5, 5.41) is 17.4. The van der Waals surface area contributed by atoms with E-state index in [1.165, 1.54) is 6.07 Å². The molecule has 0 spiro atoms. The van der Waals surface area contributed by atoms with Gasteiger partial charge >= 0.3 is 5.97 Å². The highest BCUT2D eigenvalue weighted by Crippen LogP contribution is 2.37. The first-order chi connectivity index (χ1) is 12.2. The number of carboxylic acid groups (broad SMARTS) is 1. The van der Waals surface area contributed by atoms with Gasteiger partial charge in [0.05, 0.1) is 11.3 Å². The van der Waals surface area contributed by atoms with Crippen LogP contribution >= 0.6 is 12.4 Å². The molecule has 2 rings (SSSR count). The number of rotatable bonds is 7. The first kappa shape index (κ1) is 22.3. The molecule has 0 bridgehead atoms. The number of carboxylic acids is 1. The molecule has 6 N–H and O–H groups in total. The maximum atomic E-state index is 12.0. The number of nitrogens with one attached hydrogen (secondary N) is 1. The van der Waals surface area contributed by atoms with E-state index in [4.69, 9.17) is 15.6 Å². The standard InChI is InChI=1S/C17H19N3O5S.ClH/c1-2-3-8-20-14-9-11(17(21)22)10-15(26(19,23)24)16(14)25-13-6-4-12(18)5-7-13;/h2-7,9-10,20H,8,18H2,1H3,(H,21,22)(H2,19,23,24);1H/b3-2+;. The predicted octanol–water partition coefficient (Wildman–Crippen LogP) is 2.82. The Labute approximate surface area is 163 Å². The average molecular weight is 414 g/mol. The molecule has 0 unspecified atom stereocenters. The summed E-state index contributed by atoms with van der Waals surface area (Å²) in [4.78, 5) is 10.9. The third-order valence-electron chi connectivity index (χ3n) is 3.35. The van der Waals surface area contributed by atoms with Gasteiger partial charge in [0.15, 0.2) is 5.75 Å². The lowest BCUT2D eigenvalue weighted by Crippen LogP contribution is -2.16. The van der Waals surface area contributed by atoms with E-state index in [-0.39, 0.29) is 29.4 Å². The molecule has 2 aromatic carbocycles. The summed E-state index contributed by atoms with van der Waals surface area (Å²) in [6.45, 7) is 2.15. The maximum Gasteiger partial charge on any atom is 0.335 e. The Hall–Kier alpha value is -2.75. The summed E-state index contributed by atoms with van der Waals surface area (Å²) in [7, 11) is -4.24. The number of allylic oxidation sites excluding steroid dienone is 1. The lowest BCUT2D eigenvalue weighted by Gasteiger charge is -2.16. The topological polar surface area (TPSA) is 145 Å². The number of hydrogen-bond acceptors (Lipinski definition) is 6.